The number of aromatic nitrogens is 1. The standard InChI is InChI=1S/C11H15Cl2N3/c12-8-6-10(13)11(16-7-8)15-5-3-9-2-1-4-14-9/h6-7,9,14H,1-5H2,(H,15,16)/t9-/m1/s1. The average molecular weight is 260 g/mol. The minimum atomic E-state index is 0.563. The van der Waals surface area contributed by atoms with Crippen LogP contribution in [0.5, 0.6) is 0 Å². The number of anilines is 1. The molecule has 0 aliphatic carbocycles. The van der Waals surface area contributed by atoms with Crippen molar-refractivity contribution in [1.82, 2.24) is 10.3 Å². The molecule has 0 unspecified atom stereocenters. The van der Waals surface area contributed by atoms with Crippen LogP contribution in [0.1, 0.15) is 19.3 Å². The van der Waals surface area contributed by atoms with Crippen LogP contribution in [0, 0.1) is 0 Å². The average Bonchev–Trinajstić information content (AvgIpc) is 2.74. The Morgan fingerprint density at radius 2 is 2.38 bits per heavy atom. The Labute approximate surface area is 106 Å². The van der Waals surface area contributed by atoms with Crippen LogP contribution in [0.15, 0.2) is 12.3 Å². The summed E-state index contributed by atoms with van der Waals surface area (Å²) < 4.78 is 0. The molecule has 1 atom stereocenters. The van der Waals surface area contributed by atoms with Gasteiger partial charge in [0.15, 0.2) is 0 Å². The molecule has 0 bridgehead atoms. The monoisotopic (exact) mass is 259 g/mol. The van der Waals surface area contributed by atoms with Gasteiger partial charge in [0.25, 0.3) is 0 Å². The van der Waals surface area contributed by atoms with E-state index in [-0.39, 0.29) is 0 Å². The van der Waals surface area contributed by atoms with Crippen molar-refractivity contribution in [1.29, 1.82) is 0 Å². The van der Waals surface area contributed by atoms with Gasteiger partial charge in [-0.2, -0.15) is 0 Å². The number of hydrogen-bond acceptors (Lipinski definition) is 3. The van der Waals surface area contributed by atoms with Gasteiger partial charge in [-0.1, -0.05) is 23.2 Å². The Bertz CT molecular complexity index is 351. The third-order valence-corrected chi connectivity index (χ3v) is 3.25. The Balaban J connectivity index is 1.80. The molecule has 1 aromatic rings. The summed E-state index contributed by atoms with van der Waals surface area (Å²) in [6.07, 6.45) is 5.25. The lowest BCUT2D eigenvalue weighted by atomic mass is 10.1. The number of pyridine rings is 1. The third kappa shape index (κ3) is 3.24. The van der Waals surface area contributed by atoms with Crippen molar-refractivity contribution in [2.45, 2.75) is 25.3 Å². The zero-order chi connectivity index (χ0) is 11.4. The smallest absolute Gasteiger partial charge is 0.144 e. The van der Waals surface area contributed by atoms with E-state index in [1.54, 1.807) is 12.3 Å². The molecule has 0 radical (unpaired) electrons. The summed E-state index contributed by atoms with van der Waals surface area (Å²) in [6, 6.07) is 2.34. The van der Waals surface area contributed by atoms with Crippen molar-refractivity contribution in [2.75, 3.05) is 18.4 Å². The number of nitrogens with zero attached hydrogens (tertiary/aromatic N) is 1. The van der Waals surface area contributed by atoms with Crippen LogP contribution in [0.4, 0.5) is 5.82 Å². The summed E-state index contributed by atoms with van der Waals surface area (Å²) in [7, 11) is 0. The zero-order valence-electron chi connectivity index (χ0n) is 8.97. The van der Waals surface area contributed by atoms with Crippen molar-refractivity contribution in [3.8, 4) is 0 Å². The van der Waals surface area contributed by atoms with Gasteiger partial charge in [-0.15, -0.1) is 0 Å². The topological polar surface area (TPSA) is 37.0 Å². The van der Waals surface area contributed by atoms with E-state index in [1.807, 2.05) is 0 Å². The molecule has 2 N–H and O–H groups in total. The fourth-order valence-corrected chi connectivity index (χ4v) is 2.36. The molecule has 2 rings (SSSR count). The van der Waals surface area contributed by atoms with Crippen LogP contribution >= 0.6 is 23.2 Å². The quantitative estimate of drug-likeness (QED) is 0.873. The lowest BCUT2D eigenvalue weighted by Crippen LogP contribution is -2.24. The van der Waals surface area contributed by atoms with Crippen LogP contribution in [0.25, 0.3) is 0 Å². The highest BCUT2D eigenvalue weighted by Crippen LogP contribution is 2.22. The predicted molar refractivity (Wildman–Crippen MR) is 68.4 cm³/mol. The maximum atomic E-state index is 6.00. The molecule has 1 aliphatic rings. The SMILES string of the molecule is Clc1cnc(NCC[C@H]2CCCN2)c(Cl)c1. The van der Waals surface area contributed by atoms with Crippen LogP contribution in [-0.2, 0) is 0 Å². The Morgan fingerprint density at radius 3 is 3.06 bits per heavy atom. The molecule has 88 valence electrons. The van der Waals surface area contributed by atoms with Gasteiger partial charge < -0.3 is 10.6 Å². The summed E-state index contributed by atoms with van der Waals surface area (Å²) in [5, 5.41) is 7.82. The molecule has 0 spiro atoms. The number of hydrogen-bond donors (Lipinski definition) is 2. The highest BCUT2D eigenvalue weighted by Gasteiger charge is 2.13. The van der Waals surface area contributed by atoms with Crippen molar-refractivity contribution in [2.24, 2.45) is 0 Å². The zero-order valence-corrected chi connectivity index (χ0v) is 10.5. The predicted octanol–water partition coefficient (Wildman–Crippen LogP) is 2.94. The summed E-state index contributed by atoms with van der Waals surface area (Å²) in [5.41, 5.74) is 0. The Morgan fingerprint density at radius 1 is 1.50 bits per heavy atom. The molecule has 16 heavy (non-hydrogen) atoms. The maximum Gasteiger partial charge on any atom is 0.144 e. The maximum absolute atomic E-state index is 6.00. The Hall–Kier alpha value is -0.510. The second kappa shape index (κ2) is 5.71. The van der Waals surface area contributed by atoms with E-state index >= 15 is 0 Å². The van der Waals surface area contributed by atoms with Gasteiger partial charge in [0.2, 0.25) is 0 Å². The number of nitrogens with one attached hydrogen (secondary N) is 2. The molecular formula is C11H15Cl2N3. The lowest BCUT2D eigenvalue weighted by Gasteiger charge is -2.11. The minimum absolute atomic E-state index is 0.563. The highest BCUT2D eigenvalue weighted by molar-refractivity contribution is 6.35. The number of halogens is 2. The van der Waals surface area contributed by atoms with Gasteiger partial charge in [-0.3, -0.25) is 0 Å². The van der Waals surface area contributed by atoms with Gasteiger partial charge in [0.05, 0.1) is 10.0 Å². The van der Waals surface area contributed by atoms with E-state index in [0.29, 0.717) is 21.9 Å². The van der Waals surface area contributed by atoms with Crippen LogP contribution in [0.3, 0.4) is 0 Å². The first-order chi connectivity index (χ1) is 7.75. The summed E-state index contributed by atoms with van der Waals surface area (Å²) in [5.74, 6) is 0.712. The first-order valence-electron chi connectivity index (χ1n) is 5.54. The van der Waals surface area contributed by atoms with Crippen LogP contribution < -0.4 is 10.6 Å². The molecule has 0 aromatic carbocycles. The molecule has 1 fully saturated rings. The first kappa shape index (κ1) is 12.0. The fraction of sp³-hybridized carbons (Fsp3) is 0.545. The van der Waals surface area contributed by atoms with Gasteiger partial charge in [0, 0.05) is 18.8 Å². The first-order valence-corrected chi connectivity index (χ1v) is 6.29. The van der Waals surface area contributed by atoms with Crippen LogP contribution in [0.2, 0.25) is 10.0 Å². The molecule has 5 heteroatoms. The second-order valence-electron chi connectivity index (χ2n) is 3.99. The molecule has 0 amide bonds. The van der Waals surface area contributed by atoms with Crippen molar-refractivity contribution in [3.05, 3.63) is 22.3 Å². The molecule has 2 heterocycles. The fourth-order valence-electron chi connectivity index (χ4n) is 1.91. The number of rotatable bonds is 4. The molecule has 1 aliphatic heterocycles. The van der Waals surface area contributed by atoms with E-state index in [0.717, 1.165) is 19.5 Å². The van der Waals surface area contributed by atoms with Gasteiger partial charge >= 0.3 is 0 Å². The molecule has 1 saturated heterocycles. The van der Waals surface area contributed by atoms with Crippen molar-refractivity contribution in [3.63, 3.8) is 0 Å². The second-order valence-corrected chi connectivity index (χ2v) is 4.84. The third-order valence-electron chi connectivity index (χ3n) is 2.76. The summed E-state index contributed by atoms with van der Waals surface area (Å²) in [6.45, 7) is 2.02. The molecule has 3 nitrogen and oxygen atoms in total. The van der Waals surface area contributed by atoms with E-state index in [4.69, 9.17) is 23.2 Å². The van der Waals surface area contributed by atoms with E-state index < -0.39 is 0 Å². The Kier molecular flexibility index (Phi) is 4.27. The molecular weight excluding hydrogens is 245 g/mol. The summed E-state index contributed by atoms with van der Waals surface area (Å²) in [4.78, 5) is 4.15. The van der Waals surface area contributed by atoms with E-state index in [2.05, 4.69) is 15.6 Å². The largest absolute Gasteiger partial charge is 0.369 e. The van der Waals surface area contributed by atoms with Crippen molar-refractivity contribution >= 4 is 29.0 Å². The van der Waals surface area contributed by atoms with Crippen molar-refractivity contribution < 1.29 is 0 Å². The summed E-state index contributed by atoms with van der Waals surface area (Å²) >= 11 is 11.8. The lowest BCUT2D eigenvalue weighted by molar-refractivity contribution is 0.574. The van der Waals surface area contributed by atoms with Crippen LogP contribution in [-0.4, -0.2) is 24.1 Å². The normalized spacial score (nSPS) is 20.0. The molecule has 0 saturated carbocycles. The van der Waals surface area contributed by atoms with E-state index in [1.165, 1.54) is 12.8 Å². The van der Waals surface area contributed by atoms with Gasteiger partial charge in [0.1, 0.15) is 5.82 Å². The van der Waals surface area contributed by atoms with Gasteiger partial charge in [-0.25, -0.2) is 4.98 Å². The van der Waals surface area contributed by atoms with E-state index in [9.17, 15) is 0 Å². The minimum Gasteiger partial charge on any atom is -0.369 e. The van der Waals surface area contributed by atoms with Gasteiger partial charge in [-0.05, 0) is 31.9 Å². The molecule has 1 aromatic heterocycles. The highest BCUT2D eigenvalue weighted by atomic mass is 35.5.